The zero-order valence-corrected chi connectivity index (χ0v) is 18.7. The molecule has 0 spiro atoms. The third kappa shape index (κ3) is 4.27. The summed E-state index contributed by atoms with van der Waals surface area (Å²) in [5.74, 6) is -8.53. The second-order valence-corrected chi connectivity index (χ2v) is 8.26. The molecule has 2 amide bonds. The van der Waals surface area contributed by atoms with Crippen molar-refractivity contribution in [2.75, 3.05) is 12.4 Å². The van der Waals surface area contributed by atoms with Gasteiger partial charge in [0.25, 0.3) is 11.8 Å². The van der Waals surface area contributed by atoms with Crippen LogP contribution in [0.25, 0.3) is 0 Å². The van der Waals surface area contributed by atoms with Crippen molar-refractivity contribution in [3.8, 4) is 5.75 Å². The minimum atomic E-state index is -4.93. The van der Waals surface area contributed by atoms with Gasteiger partial charge in [-0.1, -0.05) is 18.5 Å². The van der Waals surface area contributed by atoms with E-state index >= 15 is 0 Å². The SMILES string of the molecule is COc1c([C@@H]2[C@@H](C)[C@@](C)(C(F)(F)F)O[C@H]2C(=O)Nc2ccnc(C(N)=O)c2)cc(Cl)c(F)c1F. The zero-order valence-electron chi connectivity index (χ0n) is 18.0. The molecule has 0 saturated carbocycles. The lowest BCUT2D eigenvalue weighted by molar-refractivity contribution is -0.272. The summed E-state index contributed by atoms with van der Waals surface area (Å²) >= 11 is 5.75. The predicted molar refractivity (Wildman–Crippen MR) is 111 cm³/mol. The molecule has 0 bridgehead atoms. The van der Waals surface area contributed by atoms with E-state index in [1.54, 1.807) is 0 Å². The van der Waals surface area contributed by atoms with Crippen LogP contribution >= 0.6 is 11.6 Å². The van der Waals surface area contributed by atoms with Crippen LogP contribution in [0.4, 0.5) is 27.6 Å². The first-order chi connectivity index (χ1) is 15.7. The maximum absolute atomic E-state index is 14.5. The number of alkyl halides is 3. The third-order valence-corrected chi connectivity index (χ3v) is 6.19. The number of nitrogens with two attached hydrogens (primary N) is 1. The van der Waals surface area contributed by atoms with Crippen molar-refractivity contribution in [2.24, 2.45) is 11.7 Å². The number of nitrogens with zero attached hydrogens (tertiary/aromatic N) is 1. The zero-order chi connectivity index (χ0) is 25.6. The number of hydrogen-bond acceptors (Lipinski definition) is 5. The van der Waals surface area contributed by atoms with Crippen LogP contribution in [0.2, 0.25) is 5.02 Å². The molecule has 0 radical (unpaired) electrons. The van der Waals surface area contributed by atoms with E-state index in [2.05, 4.69) is 10.3 Å². The Morgan fingerprint density at radius 3 is 2.47 bits per heavy atom. The fourth-order valence-electron chi connectivity index (χ4n) is 3.93. The van der Waals surface area contributed by atoms with Crippen LogP contribution in [0.5, 0.6) is 5.75 Å². The number of rotatable bonds is 5. The number of halogens is 6. The number of carbonyl (C=O) groups excluding carboxylic acids is 2. The van der Waals surface area contributed by atoms with Crippen LogP contribution in [0.3, 0.4) is 0 Å². The summed E-state index contributed by atoms with van der Waals surface area (Å²) < 4.78 is 80.7. The molecule has 2 heterocycles. The van der Waals surface area contributed by atoms with Crippen LogP contribution in [-0.2, 0) is 9.53 Å². The summed E-state index contributed by atoms with van der Waals surface area (Å²) in [7, 11) is 0.996. The van der Waals surface area contributed by atoms with E-state index in [1.807, 2.05) is 0 Å². The maximum atomic E-state index is 14.5. The first kappa shape index (κ1) is 25.6. The largest absolute Gasteiger partial charge is 0.493 e. The van der Waals surface area contributed by atoms with Gasteiger partial charge in [-0.2, -0.15) is 17.6 Å². The van der Waals surface area contributed by atoms with Gasteiger partial charge in [-0.15, -0.1) is 0 Å². The molecule has 1 aromatic carbocycles. The summed E-state index contributed by atoms with van der Waals surface area (Å²) in [6.07, 6.45) is -5.60. The summed E-state index contributed by atoms with van der Waals surface area (Å²) in [6.45, 7) is 1.92. The minimum Gasteiger partial charge on any atom is -0.493 e. The van der Waals surface area contributed by atoms with E-state index in [4.69, 9.17) is 26.8 Å². The van der Waals surface area contributed by atoms with E-state index in [0.29, 0.717) is 0 Å². The van der Waals surface area contributed by atoms with Gasteiger partial charge in [-0.3, -0.25) is 14.6 Å². The van der Waals surface area contributed by atoms with Gasteiger partial charge in [-0.05, 0) is 25.1 Å². The van der Waals surface area contributed by atoms with Crippen molar-refractivity contribution < 1.29 is 41.0 Å². The summed E-state index contributed by atoms with van der Waals surface area (Å²) in [6, 6.07) is 3.30. The molecule has 1 saturated heterocycles. The number of hydrogen-bond donors (Lipinski definition) is 2. The molecule has 0 unspecified atom stereocenters. The number of amides is 2. The monoisotopic (exact) mass is 507 g/mol. The van der Waals surface area contributed by atoms with E-state index in [-0.39, 0.29) is 16.9 Å². The molecule has 1 aliphatic rings. The molecule has 3 rings (SSSR count). The smallest absolute Gasteiger partial charge is 0.417 e. The molecule has 184 valence electrons. The molecule has 0 aliphatic carbocycles. The lowest BCUT2D eigenvalue weighted by Crippen LogP contribution is -2.47. The number of nitrogens with one attached hydrogen (secondary N) is 1. The number of carbonyl (C=O) groups is 2. The van der Waals surface area contributed by atoms with Gasteiger partial charge in [0.05, 0.1) is 12.1 Å². The topological polar surface area (TPSA) is 104 Å². The van der Waals surface area contributed by atoms with Crippen LogP contribution in [0, 0.1) is 17.6 Å². The van der Waals surface area contributed by atoms with Crippen molar-refractivity contribution in [1.82, 2.24) is 4.98 Å². The summed E-state index contributed by atoms with van der Waals surface area (Å²) in [5.41, 5.74) is 1.83. The Bertz CT molecular complexity index is 1150. The molecule has 34 heavy (non-hydrogen) atoms. The minimum absolute atomic E-state index is 0.000279. The molecule has 7 nitrogen and oxygen atoms in total. The maximum Gasteiger partial charge on any atom is 0.417 e. The molecular weight excluding hydrogens is 489 g/mol. The summed E-state index contributed by atoms with van der Waals surface area (Å²) in [5, 5.41) is 1.64. The van der Waals surface area contributed by atoms with Crippen molar-refractivity contribution in [3.05, 3.63) is 52.3 Å². The standard InChI is InChI=1S/C21H19ClF5N3O4/c1-8-13(10-7-11(22)14(23)15(24)16(10)33-3)17(34-20(8,2)21(25,26)27)19(32)30-9-4-5-29-12(6-9)18(28)31/h4-8,13,17H,1-3H3,(H2,28,31)(H,29,30,32)/t8-,13+,17-,20+/m1/s1. The number of ether oxygens (including phenoxy) is 2. The van der Waals surface area contributed by atoms with Crippen molar-refractivity contribution in [2.45, 2.75) is 37.6 Å². The first-order valence-electron chi connectivity index (χ1n) is 9.75. The van der Waals surface area contributed by atoms with Crippen LogP contribution in [-0.4, -0.2) is 41.8 Å². The molecule has 13 heteroatoms. The highest BCUT2D eigenvalue weighted by atomic mass is 35.5. The van der Waals surface area contributed by atoms with E-state index < -0.39 is 63.9 Å². The highest BCUT2D eigenvalue weighted by molar-refractivity contribution is 6.30. The highest BCUT2D eigenvalue weighted by Gasteiger charge is 2.66. The Kier molecular flexibility index (Phi) is 6.78. The Morgan fingerprint density at radius 2 is 1.91 bits per heavy atom. The fourth-order valence-corrected chi connectivity index (χ4v) is 4.13. The molecule has 4 atom stereocenters. The molecule has 1 fully saturated rings. The lowest BCUT2D eigenvalue weighted by Gasteiger charge is -2.32. The molecule has 2 aromatic rings. The van der Waals surface area contributed by atoms with Gasteiger partial charge in [-0.25, -0.2) is 4.39 Å². The fraction of sp³-hybridized carbons (Fsp3) is 0.381. The van der Waals surface area contributed by atoms with E-state index in [1.165, 1.54) is 6.07 Å². The van der Waals surface area contributed by atoms with E-state index in [0.717, 1.165) is 39.3 Å². The number of anilines is 1. The van der Waals surface area contributed by atoms with Crippen molar-refractivity contribution >= 4 is 29.1 Å². The number of pyridine rings is 1. The molecule has 3 N–H and O–H groups in total. The number of methoxy groups -OCH3 is 1. The van der Waals surface area contributed by atoms with Gasteiger partial charge < -0.3 is 20.5 Å². The molecule has 1 aromatic heterocycles. The Morgan fingerprint density at radius 1 is 1.26 bits per heavy atom. The Balaban J connectivity index is 2.12. The van der Waals surface area contributed by atoms with Crippen LogP contribution < -0.4 is 15.8 Å². The predicted octanol–water partition coefficient (Wildman–Crippen LogP) is 4.20. The average Bonchev–Trinajstić information content (AvgIpc) is 3.04. The third-order valence-electron chi connectivity index (χ3n) is 5.92. The second kappa shape index (κ2) is 8.99. The van der Waals surface area contributed by atoms with Gasteiger partial charge in [0.15, 0.2) is 17.2 Å². The molecule has 1 aliphatic heterocycles. The highest BCUT2D eigenvalue weighted by Crippen LogP contribution is 2.55. The van der Waals surface area contributed by atoms with Crippen molar-refractivity contribution in [3.63, 3.8) is 0 Å². The van der Waals surface area contributed by atoms with Crippen LogP contribution in [0.1, 0.15) is 35.8 Å². The first-order valence-corrected chi connectivity index (χ1v) is 10.1. The number of primary amides is 1. The van der Waals surface area contributed by atoms with Gasteiger partial charge in [0, 0.05) is 29.3 Å². The Labute approximate surface area is 195 Å². The average molecular weight is 508 g/mol. The molecular formula is C21H19ClF5N3O4. The normalized spacial score (nSPS) is 24.7. The second-order valence-electron chi connectivity index (χ2n) is 7.85. The van der Waals surface area contributed by atoms with E-state index in [9.17, 15) is 31.5 Å². The number of aromatic nitrogens is 1. The Hall–Kier alpha value is -2.99. The summed E-state index contributed by atoms with van der Waals surface area (Å²) in [4.78, 5) is 28.1. The number of benzene rings is 1. The van der Waals surface area contributed by atoms with Gasteiger partial charge >= 0.3 is 6.18 Å². The van der Waals surface area contributed by atoms with Crippen LogP contribution in [0.15, 0.2) is 24.4 Å². The lowest BCUT2D eigenvalue weighted by atomic mass is 9.77. The van der Waals surface area contributed by atoms with Gasteiger partial charge in [0.2, 0.25) is 5.82 Å². The van der Waals surface area contributed by atoms with Gasteiger partial charge in [0.1, 0.15) is 11.8 Å². The van der Waals surface area contributed by atoms with Crippen molar-refractivity contribution in [1.29, 1.82) is 0 Å². The quantitative estimate of drug-likeness (QED) is 0.466.